The second-order valence-corrected chi connectivity index (χ2v) is 11.7. The molecule has 1 heterocycles. The summed E-state index contributed by atoms with van der Waals surface area (Å²) in [7, 11) is -2.06. The van der Waals surface area contributed by atoms with Gasteiger partial charge in [0.05, 0.1) is 34.5 Å². The van der Waals surface area contributed by atoms with Crippen LogP contribution < -0.4 is 10.1 Å². The monoisotopic (exact) mass is 552 g/mol. The molecule has 0 fully saturated rings. The van der Waals surface area contributed by atoms with Crippen LogP contribution in [-0.2, 0) is 14.8 Å². The quantitative estimate of drug-likeness (QED) is 0.264. The van der Waals surface area contributed by atoms with Crippen molar-refractivity contribution < 1.29 is 17.9 Å². The summed E-state index contributed by atoms with van der Waals surface area (Å²) in [6, 6.07) is 18.4. The van der Waals surface area contributed by atoms with Crippen molar-refractivity contribution in [2.75, 3.05) is 31.3 Å². The van der Waals surface area contributed by atoms with Gasteiger partial charge in [0.25, 0.3) is 0 Å². The maximum absolute atomic E-state index is 13.1. The Bertz CT molecular complexity index is 1560. The first-order valence-electron chi connectivity index (χ1n) is 12.3. The van der Waals surface area contributed by atoms with E-state index in [2.05, 4.69) is 11.4 Å². The van der Waals surface area contributed by atoms with Crippen molar-refractivity contribution >= 4 is 44.4 Å². The molecule has 0 aliphatic heterocycles. The molecule has 4 aromatic rings. The van der Waals surface area contributed by atoms with Crippen LogP contribution in [0.3, 0.4) is 0 Å². The zero-order valence-corrected chi connectivity index (χ0v) is 23.8. The van der Waals surface area contributed by atoms with Crippen LogP contribution in [0.15, 0.2) is 70.7 Å². The minimum absolute atomic E-state index is 0.121. The van der Waals surface area contributed by atoms with Gasteiger partial charge >= 0.3 is 0 Å². The number of hydrogen-bond acceptors (Lipinski definition) is 6. The number of thioether (sulfide) groups is 1. The summed E-state index contributed by atoms with van der Waals surface area (Å²) in [5, 5.41) is 3.51. The lowest BCUT2D eigenvalue weighted by Gasteiger charge is -2.18. The van der Waals surface area contributed by atoms with Crippen LogP contribution in [0.2, 0.25) is 0 Å². The van der Waals surface area contributed by atoms with Crippen LogP contribution in [0.25, 0.3) is 16.7 Å². The molecule has 0 saturated carbocycles. The van der Waals surface area contributed by atoms with Gasteiger partial charge in [-0.3, -0.25) is 9.36 Å². The number of methoxy groups -OCH3 is 1. The molecule has 0 spiro atoms. The van der Waals surface area contributed by atoms with Crippen molar-refractivity contribution in [3.8, 4) is 11.4 Å². The fourth-order valence-corrected chi connectivity index (χ4v) is 6.73. The lowest BCUT2D eigenvalue weighted by molar-refractivity contribution is -0.113. The zero-order chi connectivity index (χ0) is 27.4. The topological polar surface area (TPSA) is 93.5 Å². The minimum atomic E-state index is -3.65. The Kier molecular flexibility index (Phi) is 8.44. The summed E-state index contributed by atoms with van der Waals surface area (Å²) in [6.07, 6.45) is 0. The molecule has 0 saturated heterocycles. The first kappa shape index (κ1) is 27.7. The van der Waals surface area contributed by atoms with Crippen LogP contribution in [0, 0.1) is 13.8 Å². The summed E-state index contributed by atoms with van der Waals surface area (Å²) in [5.74, 6) is 0.590. The van der Waals surface area contributed by atoms with Crippen molar-refractivity contribution in [1.82, 2.24) is 13.9 Å². The summed E-state index contributed by atoms with van der Waals surface area (Å²) >= 11 is 1.28. The number of sulfonamides is 1. The number of ether oxygens (including phenoxy) is 1. The van der Waals surface area contributed by atoms with Crippen LogP contribution in [0.1, 0.15) is 25.0 Å². The van der Waals surface area contributed by atoms with Crippen molar-refractivity contribution in [2.24, 2.45) is 0 Å². The number of nitrogens with one attached hydrogen (secondary N) is 1. The van der Waals surface area contributed by atoms with E-state index < -0.39 is 10.0 Å². The highest BCUT2D eigenvalue weighted by molar-refractivity contribution is 7.99. The van der Waals surface area contributed by atoms with E-state index in [4.69, 9.17) is 9.72 Å². The van der Waals surface area contributed by atoms with E-state index in [0.29, 0.717) is 35.0 Å². The number of aromatic nitrogens is 2. The summed E-state index contributed by atoms with van der Waals surface area (Å²) in [4.78, 5) is 17.8. The Morgan fingerprint density at radius 1 is 1.03 bits per heavy atom. The highest BCUT2D eigenvalue weighted by Gasteiger charge is 2.24. The molecular formula is C28H32N4O4S2. The highest BCUT2D eigenvalue weighted by Crippen LogP contribution is 2.34. The third-order valence-corrected chi connectivity index (χ3v) is 9.09. The van der Waals surface area contributed by atoms with E-state index in [0.717, 1.165) is 22.5 Å². The van der Waals surface area contributed by atoms with Gasteiger partial charge in [0.2, 0.25) is 15.9 Å². The summed E-state index contributed by atoms with van der Waals surface area (Å²) < 4.78 is 35.2. The van der Waals surface area contributed by atoms with Crippen molar-refractivity contribution in [3.05, 3.63) is 71.8 Å². The van der Waals surface area contributed by atoms with Gasteiger partial charge in [-0.25, -0.2) is 13.4 Å². The second-order valence-electron chi connectivity index (χ2n) is 8.85. The molecule has 0 aliphatic carbocycles. The number of nitrogens with zero attached hydrogens (tertiary/aromatic N) is 3. The third-order valence-electron chi connectivity index (χ3n) is 6.10. The number of amides is 1. The average molecular weight is 553 g/mol. The van der Waals surface area contributed by atoms with E-state index in [1.54, 1.807) is 25.3 Å². The Morgan fingerprint density at radius 2 is 1.71 bits per heavy atom. The van der Waals surface area contributed by atoms with E-state index in [-0.39, 0.29) is 16.6 Å². The number of benzene rings is 3. The highest BCUT2D eigenvalue weighted by atomic mass is 32.2. The minimum Gasteiger partial charge on any atom is -0.495 e. The Balaban J connectivity index is 1.73. The first-order chi connectivity index (χ1) is 18.2. The molecule has 38 heavy (non-hydrogen) atoms. The van der Waals surface area contributed by atoms with Crippen molar-refractivity contribution in [1.29, 1.82) is 0 Å². The molecule has 1 aromatic heterocycles. The maximum Gasteiger partial charge on any atom is 0.243 e. The van der Waals surface area contributed by atoms with Crippen molar-refractivity contribution in [3.63, 3.8) is 0 Å². The standard InChI is InChI=1S/C28H32N4O4S2/c1-6-31(7-2)38(34,35)22-12-13-24-23(17-22)30-28(32(24)25-10-8-9-11-26(25)36-5)37-18-27(33)29-21-15-19(3)14-20(4)16-21/h8-17H,6-7,18H2,1-5H3,(H,29,33). The number of hydrogen-bond donors (Lipinski definition) is 1. The molecule has 1 amide bonds. The number of fused-ring (bicyclic) bond motifs is 1. The smallest absolute Gasteiger partial charge is 0.243 e. The van der Waals surface area contributed by atoms with Gasteiger partial charge in [0.15, 0.2) is 5.16 Å². The molecule has 3 aromatic carbocycles. The average Bonchev–Trinajstić information content (AvgIpc) is 3.25. The van der Waals surface area contributed by atoms with Gasteiger partial charge in [0, 0.05) is 18.8 Å². The van der Waals surface area contributed by atoms with E-state index in [1.165, 1.54) is 16.1 Å². The number of para-hydroxylation sites is 2. The molecule has 0 unspecified atom stereocenters. The van der Waals surface area contributed by atoms with Gasteiger partial charge in [-0.15, -0.1) is 0 Å². The van der Waals surface area contributed by atoms with Gasteiger partial charge in [-0.2, -0.15) is 4.31 Å². The molecular weight excluding hydrogens is 520 g/mol. The van der Waals surface area contributed by atoms with E-state index >= 15 is 0 Å². The largest absolute Gasteiger partial charge is 0.495 e. The second kappa shape index (κ2) is 11.6. The molecule has 0 aliphatic rings. The van der Waals surface area contributed by atoms with Gasteiger partial charge < -0.3 is 10.1 Å². The normalized spacial score (nSPS) is 11.7. The van der Waals surface area contributed by atoms with Gasteiger partial charge in [0.1, 0.15) is 5.75 Å². The number of rotatable bonds is 10. The Labute approximate surface area is 228 Å². The molecule has 8 nitrogen and oxygen atoms in total. The number of aryl methyl sites for hydroxylation is 2. The SMILES string of the molecule is CCN(CC)S(=O)(=O)c1ccc2c(c1)nc(SCC(=O)Nc1cc(C)cc(C)c1)n2-c1ccccc1OC. The zero-order valence-electron chi connectivity index (χ0n) is 22.2. The van der Waals surface area contributed by atoms with E-state index in [1.807, 2.05) is 68.7 Å². The molecule has 1 N–H and O–H groups in total. The Hall–Kier alpha value is -3.34. The molecule has 0 atom stereocenters. The molecule has 0 radical (unpaired) electrons. The number of anilines is 1. The first-order valence-corrected chi connectivity index (χ1v) is 14.8. The fraction of sp³-hybridized carbons (Fsp3) is 0.286. The lowest BCUT2D eigenvalue weighted by atomic mass is 10.1. The lowest BCUT2D eigenvalue weighted by Crippen LogP contribution is -2.30. The fourth-order valence-electron chi connectivity index (χ4n) is 4.43. The predicted molar refractivity (Wildman–Crippen MR) is 153 cm³/mol. The van der Waals surface area contributed by atoms with Crippen LogP contribution >= 0.6 is 11.8 Å². The number of imidazole rings is 1. The van der Waals surface area contributed by atoms with Crippen molar-refractivity contribution in [2.45, 2.75) is 37.7 Å². The third kappa shape index (κ3) is 5.72. The molecule has 200 valence electrons. The summed E-state index contributed by atoms with van der Waals surface area (Å²) in [5.41, 5.74) is 4.86. The predicted octanol–water partition coefficient (Wildman–Crippen LogP) is 5.41. The van der Waals surface area contributed by atoms with Crippen LogP contribution in [0.4, 0.5) is 5.69 Å². The van der Waals surface area contributed by atoms with E-state index in [9.17, 15) is 13.2 Å². The van der Waals surface area contributed by atoms with Crippen LogP contribution in [-0.4, -0.2) is 54.1 Å². The number of carbonyl (C=O) groups excluding carboxylic acids is 1. The number of carbonyl (C=O) groups is 1. The molecule has 0 bridgehead atoms. The van der Waals surface area contributed by atoms with Gasteiger partial charge in [-0.05, 0) is 67.4 Å². The summed E-state index contributed by atoms with van der Waals surface area (Å²) in [6.45, 7) is 8.36. The molecule has 10 heteroatoms. The van der Waals surface area contributed by atoms with Gasteiger partial charge in [-0.1, -0.05) is 43.8 Å². The molecule has 4 rings (SSSR count). The Morgan fingerprint density at radius 3 is 2.37 bits per heavy atom. The maximum atomic E-state index is 13.1. The van der Waals surface area contributed by atoms with Crippen LogP contribution in [0.5, 0.6) is 5.75 Å².